The van der Waals surface area contributed by atoms with Gasteiger partial charge in [0.1, 0.15) is 0 Å². The Labute approximate surface area is 122 Å². The predicted octanol–water partition coefficient (Wildman–Crippen LogP) is 3.78. The number of likely N-dealkylation sites (N-methyl/N-ethyl adjacent to an activating group) is 2. The summed E-state index contributed by atoms with van der Waals surface area (Å²) in [5, 5.41) is 3.45. The van der Waals surface area contributed by atoms with Crippen LogP contribution in [0.4, 0.5) is 5.69 Å². The number of para-hydroxylation sites is 1. The van der Waals surface area contributed by atoms with E-state index < -0.39 is 0 Å². The quantitative estimate of drug-likeness (QED) is 0.857. The van der Waals surface area contributed by atoms with E-state index in [0.29, 0.717) is 6.04 Å². The third-order valence-electron chi connectivity index (χ3n) is 3.82. The van der Waals surface area contributed by atoms with Crippen LogP contribution in [0.3, 0.4) is 0 Å². The topological polar surface area (TPSA) is 15.3 Å². The van der Waals surface area contributed by atoms with Crippen LogP contribution < -0.4 is 10.2 Å². The van der Waals surface area contributed by atoms with Gasteiger partial charge in [-0.1, -0.05) is 42.5 Å². The maximum absolute atomic E-state index is 3.45. The van der Waals surface area contributed by atoms with E-state index in [1.807, 2.05) is 7.05 Å². The minimum absolute atomic E-state index is 0.344. The number of anilines is 1. The molecule has 2 heteroatoms. The van der Waals surface area contributed by atoms with Gasteiger partial charge < -0.3 is 10.2 Å². The first kappa shape index (κ1) is 14.6. The molecule has 0 saturated carbocycles. The highest BCUT2D eigenvalue weighted by Gasteiger charge is 2.15. The highest BCUT2D eigenvalue weighted by Crippen LogP contribution is 2.21. The summed E-state index contributed by atoms with van der Waals surface area (Å²) in [5.74, 6) is 0. The van der Waals surface area contributed by atoms with Crippen molar-refractivity contribution < 1.29 is 0 Å². The van der Waals surface area contributed by atoms with Crippen LogP contribution in [-0.2, 0) is 0 Å². The first-order valence-electron chi connectivity index (χ1n) is 7.29. The Morgan fingerprint density at radius 2 is 1.65 bits per heavy atom. The molecule has 0 aliphatic carbocycles. The van der Waals surface area contributed by atoms with Gasteiger partial charge in [0.25, 0.3) is 0 Å². The van der Waals surface area contributed by atoms with Gasteiger partial charge in [-0.25, -0.2) is 0 Å². The lowest BCUT2D eigenvalue weighted by molar-refractivity contribution is 0.574. The molecule has 0 aliphatic heterocycles. The minimum atomic E-state index is 0.344. The molecule has 0 aliphatic rings. The van der Waals surface area contributed by atoms with Crippen molar-refractivity contribution in [3.05, 3.63) is 65.7 Å². The fraction of sp³-hybridized carbons (Fsp3) is 0.333. The monoisotopic (exact) mass is 268 g/mol. The molecule has 0 bridgehead atoms. The molecular formula is C18H24N2. The van der Waals surface area contributed by atoms with E-state index in [1.54, 1.807) is 0 Å². The van der Waals surface area contributed by atoms with Crippen molar-refractivity contribution in [2.45, 2.75) is 19.9 Å². The second-order valence-electron chi connectivity index (χ2n) is 5.07. The third-order valence-corrected chi connectivity index (χ3v) is 3.82. The van der Waals surface area contributed by atoms with Crippen molar-refractivity contribution in [1.29, 1.82) is 0 Å². The van der Waals surface area contributed by atoms with Crippen molar-refractivity contribution in [3.8, 4) is 0 Å². The molecule has 0 amide bonds. The lowest BCUT2D eigenvalue weighted by atomic mass is 10.0. The van der Waals surface area contributed by atoms with E-state index >= 15 is 0 Å². The predicted molar refractivity (Wildman–Crippen MR) is 87.3 cm³/mol. The Balaban J connectivity index is 2.19. The largest absolute Gasteiger partial charge is 0.370 e. The molecule has 2 aromatic rings. The normalized spacial score (nSPS) is 12.2. The van der Waals surface area contributed by atoms with Crippen LogP contribution in [0, 0.1) is 6.92 Å². The van der Waals surface area contributed by atoms with Crippen molar-refractivity contribution in [1.82, 2.24) is 5.32 Å². The summed E-state index contributed by atoms with van der Waals surface area (Å²) >= 11 is 0. The summed E-state index contributed by atoms with van der Waals surface area (Å²) in [7, 11) is 2.04. The van der Waals surface area contributed by atoms with E-state index in [0.717, 1.165) is 13.1 Å². The van der Waals surface area contributed by atoms with Gasteiger partial charge in [0.2, 0.25) is 0 Å². The molecule has 20 heavy (non-hydrogen) atoms. The van der Waals surface area contributed by atoms with E-state index in [9.17, 15) is 0 Å². The molecule has 1 atom stereocenters. The number of hydrogen-bond acceptors (Lipinski definition) is 2. The third kappa shape index (κ3) is 3.40. The van der Waals surface area contributed by atoms with Crippen molar-refractivity contribution >= 4 is 5.69 Å². The van der Waals surface area contributed by atoms with Crippen LogP contribution in [-0.4, -0.2) is 20.1 Å². The molecule has 0 heterocycles. The Kier molecular flexibility index (Phi) is 5.19. The molecular weight excluding hydrogens is 244 g/mol. The summed E-state index contributed by atoms with van der Waals surface area (Å²) < 4.78 is 0. The Morgan fingerprint density at radius 3 is 2.25 bits per heavy atom. The molecule has 106 valence electrons. The Hall–Kier alpha value is -1.80. The lowest BCUT2D eigenvalue weighted by Gasteiger charge is -2.29. The van der Waals surface area contributed by atoms with Crippen LogP contribution in [0.15, 0.2) is 54.6 Å². The average molecular weight is 268 g/mol. The smallest absolute Gasteiger partial charge is 0.0498 e. The molecule has 0 aromatic heterocycles. The number of nitrogens with zero attached hydrogens (tertiary/aromatic N) is 1. The van der Waals surface area contributed by atoms with Gasteiger partial charge in [-0.15, -0.1) is 0 Å². The standard InChI is InChI=1S/C18H24N2/c1-4-20(16-11-6-5-7-12-16)14-18(19-3)17-13-9-8-10-15(17)2/h5-13,18-19H,4,14H2,1-3H3. The highest BCUT2D eigenvalue weighted by molar-refractivity contribution is 5.46. The summed E-state index contributed by atoms with van der Waals surface area (Å²) in [4.78, 5) is 2.41. The minimum Gasteiger partial charge on any atom is -0.370 e. The molecule has 2 rings (SSSR count). The van der Waals surface area contributed by atoms with Gasteiger partial charge in [-0.3, -0.25) is 0 Å². The zero-order chi connectivity index (χ0) is 14.4. The van der Waals surface area contributed by atoms with Gasteiger partial charge in [-0.2, -0.15) is 0 Å². The fourth-order valence-corrected chi connectivity index (χ4v) is 2.60. The maximum atomic E-state index is 3.45. The molecule has 1 N–H and O–H groups in total. The zero-order valence-electron chi connectivity index (χ0n) is 12.6. The SMILES string of the molecule is CCN(CC(NC)c1ccccc1C)c1ccccc1. The average Bonchev–Trinajstić information content (AvgIpc) is 2.50. The zero-order valence-corrected chi connectivity index (χ0v) is 12.6. The summed E-state index contributed by atoms with van der Waals surface area (Å²) in [6.07, 6.45) is 0. The molecule has 0 saturated heterocycles. The molecule has 0 fully saturated rings. The van der Waals surface area contributed by atoms with Crippen molar-refractivity contribution in [2.24, 2.45) is 0 Å². The first-order chi connectivity index (χ1) is 9.76. The van der Waals surface area contributed by atoms with Gasteiger partial charge in [-0.05, 0) is 44.2 Å². The second kappa shape index (κ2) is 7.11. The number of rotatable bonds is 6. The molecule has 0 radical (unpaired) electrons. The van der Waals surface area contributed by atoms with Crippen LogP contribution in [0.2, 0.25) is 0 Å². The van der Waals surface area contributed by atoms with Crippen LogP contribution in [0.25, 0.3) is 0 Å². The van der Waals surface area contributed by atoms with Gasteiger partial charge >= 0.3 is 0 Å². The highest BCUT2D eigenvalue weighted by atomic mass is 15.1. The van der Waals surface area contributed by atoms with E-state index in [1.165, 1.54) is 16.8 Å². The summed E-state index contributed by atoms with van der Waals surface area (Å²) in [6.45, 7) is 6.37. The van der Waals surface area contributed by atoms with Crippen molar-refractivity contribution in [3.63, 3.8) is 0 Å². The summed E-state index contributed by atoms with van der Waals surface area (Å²) in [5.41, 5.74) is 4.00. The van der Waals surface area contributed by atoms with Crippen molar-refractivity contribution in [2.75, 3.05) is 25.0 Å². The lowest BCUT2D eigenvalue weighted by Crippen LogP contribution is -2.34. The van der Waals surface area contributed by atoms with E-state index in [2.05, 4.69) is 78.7 Å². The molecule has 2 nitrogen and oxygen atoms in total. The van der Waals surface area contributed by atoms with Gasteiger partial charge in [0.05, 0.1) is 0 Å². The molecule has 0 spiro atoms. The fourth-order valence-electron chi connectivity index (χ4n) is 2.60. The molecule has 2 aromatic carbocycles. The van der Waals surface area contributed by atoms with Gasteiger partial charge in [0.15, 0.2) is 0 Å². The number of hydrogen-bond donors (Lipinski definition) is 1. The number of aryl methyl sites for hydroxylation is 1. The van der Waals surface area contributed by atoms with E-state index in [4.69, 9.17) is 0 Å². The summed E-state index contributed by atoms with van der Waals surface area (Å²) in [6, 6.07) is 19.6. The first-order valence-corrected chi connectivity index (χ1v) is 7.29. The Bertz CT molecular complexity index is 522. The number of benzene rings is 2. The maximum Gasteiger partial charge on any atom is 0.0498 e. The van der Waals surface area contributed by atoms with E-state index in [-0.39, 0.29) is 0 Å². The molecule has 1 unspecified atom stereocenters. The second-order valence-corrected chi connectivity index (χ2v) is 5.07. The van der Waals surface area contributed by atoms with Crippen LogP contribution in [0.1, 0.15) is 24.1 Å². The van der Waals surface area contributed by atoms with Crippen LogP contribution >= 0.6 is 0 Å². The Morgan fingerprint density at radius 1 is 1.00 bits per heavy atom. The van der Waals surface area contributed by atoms with Crippen LogP contribution in [0.5, 0.6) is 0 Å². The van der Waals surface area contributed by atoms with Gasteiger partial charge in [0, 0.05) is 24.8 Å². The number of nitrogens with one attached hydrogen (secondary N) is 1.